The first-order valence-electron chi connectivity index (χ1n) is 8.25. The molecule has 0 unspecified atom stereocenters. The van der Waals surface area contributed by atoms with Gasteiger partial charge < -0.3 is 10.1 Å². The van der Waals surface area contributed by atoms with Crippen molar-refractivity contribution in [2.45, 2.75) is 57.6 Å². The Morgan fingerprint density at radius 2 is 1.87 bits per heavy atom. The summed E-state index contributed by atoms with van der Waals surface area (Å²) in [6.07, 6.45) is 9.71. The lowest BCUT2D eigenvalue weighted by Gasteiger charge is -2.29. The molecule has 0 atom stereocenters. The Balaban J connectivity index is 0.00000264. The average Bonchev–Trinajstić information content (AvgIpc) is 2.53. The Hall–Kier alpha value is -1.32. The third-order valence-corrected chi connectivity index (χ3v) is 4.01. The zero-order chi connectivity index (χ0) is 15.8. The second-order valence-electron chi connectivity index (χ2n) is 6.64. The maximum Gasteiger partial charge on any atom is 0.331 e. The summed E-state index contributed by atoms with van der Waals surface area (Å²) in [4.78, 5) is 11.9. The van der Waals surface area contributed by atoms with Crippen LogP contribution in [-0.4, -0.2) is 24.2 Å². The largest absolute Gasteiger partial charge is 0.455 e. The van der Waals surface area contributed by atoms with Gasteiger partial charge in [-0.1, -0.05) is 49.6 Å². The normalized spacial score (nSPS) is 16.1. The van der Waals surface area contributed by atoms with Gasteiger partial charge in [0.15, 0.2) is 0 Å². The predicted molar refractivity (Wildman–Crippen MR) is 97.8 cm³/mol. The highest BCUT2D eigenvalue weighted by Crippen LogP contribution is 2.18. The van der Waals surface area contributed by atoms with Gasteiger partial charge in [0.05, 0.1) is 0 Å². The first kappa shape index (κ1) is 19.7. The summed E-state index contributed by atoms with van der Waals surface area (Å²) in [6.45, 7) is 4.61. The van der Waals surface area contributed by atoms with Gasteiger partial charge in [0.2, 0.25) is 0 Å². The standard InChI is InChI=1S/C19H27NO2.ClH/c1-19(2,15-20-17-11-7-4-8-12-17)22-18(21)14-13-16-9-5-3-6-10-16;/h3,5-6,9-10,13-14,17,20H,4,7-8,11-12,15H2,1-2H3;1H/b14-13+;. The van der Waals surface area contributed by atoms with Crippen LogP contribution >= 0.6 is 12.4 Å². The lowest BCUT2D eigenvalue weighted by molar-refractivity contribution is -0.149. The molecule has 1 aliphatic carbocycles. The summed E-state index contributed by atoms with van der Waals surface area (Å²) in [7, 11) is 0. The monoisotopic (exact) mass is 337 g/mol. The Labute approximate surface area is 145 Å². The second-order valence-corrected chi connectivity index (χ2v) is 6.64. The highest BCUT2D eigenvalue weighted by atomic mass is 35.5. The summed E-state index contributed by atoms with van der Waals surface area (Å²) in [5.41, 5.74) is 0.507. The van der Waals surface area contributed by atoms with Crippen LogP contribution in [0, 0.1) is 0 Å². The first-order valence-corrected chi connectivity index (χ1v) is 8.25. The molecule has 0 heterocycles. The first-order chi connectivity index (χ1) is 10.6. The van der Waals surface area contributed by atoms with Crippen molar-refractivity contribution >= 4 is 24.5 Å². The fourth-order valence-electron chi connectivity index (χ4n) is 2.77. The average molecular weight is 338 g/mol. The van der Waals surface area contributed by atoms with Crippen molar-refractivity contribution in [3.05, 3.63) is 42.0 Å². The van der Waals surface area contributed by atoms with Crippen LogP contribution in [0.3, 0.4) is 0 Å². The molecule has 1 aliphatic rings. The van der Waals surface area contributed by atoms with E-state index in [9.17, 15) is 4.79 Å². The predicted octanol–water partition coefficient (Wildman–Crippen LogP) is 4.37. The molecule has 1 aromatic carbocycles. The van der Waals surface area contributed by atoms with E-state index in [1.54, 1.807) is 6.08 Å². The molecular weight excluding hydrogens is 310 g/mol. The number of benzene rings is 1. The highest BCUT2D eigenvalue weighted by Gasteiger charge is 2.23. The molecule has 0 radical (unpaired) electrons. The SMILES string of the molecule is CC(C)(CNC1CCCCC1)OC(=O)/C=C/c1ccccc1.Cl. The van der Waals surface area contributed by atoms with Gasteiger partial charge in [-0.3, -0.25) is 0 Å². The second kappa shape index (κ2) is 9.74. The summed E-state index contributed by atoms with van der Waals surface area (Å²) in [5.74, 6) is -0.292. The maximum absolute atomic E-state index is 11.9. The fourth-order valence-corrected chi connectivity index (χ4v) is 2.77. The van der Waals surface area contributed by atoms with Crippen LogP contribution < -0.4 is 5.32 Å². The zero-order valence-corrected chi connectivity index (χ0v) is 14.9. The summed E-state index contributed by atoms with van der Waals surface area (Å²) >= 11 is 0. The molecule has 2 rings (SSSR count). The molecule has 0 bridgehead atoms. The Morgan fingerprint density at radius 3 is 2.52 bits per heavy atom. The van der Waals surface area contributed by atoms with E-state index in [1.165, 1.54) is 38.2 Å². The number of rotatable bonds is 6. The number of nitrogens with one attached hydrogen (secondary N) is 1. The van der Waals surface area contributed by atoms with E-state index >= 15 is 0 Å². The number of halogens is 1. The van der Waals surface area contributed by atoms with Gasteiger partial charge in [0, 0.05) is 18.7 Å². The lowest BCUT2D eigenvalue weighted by Crippen LogP contribution is -2.43. The maximum atomic E-state index is 11.9. The van der Waals surface area contributed by atoms with E-state index in [0.29, 0.717) is 12.6 Å². The molecule has 0 spiro atoms. The molecule has 128 valence electrons. The molecule has 0 saturated heterocycles. The fraction of sp³-hybridized carbons (Fsp3) is 0.526. The number of esters is 1. The topological polar surface area (TPSA) is 38.3 Å². The van der Waals surface area contributed by atoms with Crippen LogP contribution in [0.5, 0.6) is 0 Å². The van der Waals surface area contributed by atoms with Crippen molar-refractivity contribution in [3.63, 3.8) is 0 Å². The smallest absolute Gasteiger partial charge is 0.331 e. The molecule has 1 N–H and O–H groups in total. The molecule has 0 aromatic heterocycles. The van der Waals surface area contributed by atoms with Crippen molar-refractivity contribution in [1.29, 1.82) is 0 Å². The van der Waals surface area contributed by atoms with Crippen LogP contribution in [0.4, 0.5) is 0 Å². The summed E-state index contributed by atoms with van der Waals surface area (Å²) in [5, 5.41) is 3.54. The van der Waals surface area contributed by atoms with Crippen LogP contribution in [0.1, 0.15) is 51.5 Å². The minimum absolute atomic E-state index is 0. The third kappa shape index (κ3) is 7.67. The molecule has 0 aliphatic heterocycles. The molecule has 0 amide bonds. The van der Waals surface area contributed by atoms with Gasteiger partial charge in [-0.25, -0.2) is 4.79 Å². The van der Waals surface area contributed by atoms with Gasteiger partial charge in [0.1, 0.15) is 5.60 Å². The molecule has 1 aromatic rings. The van der Waals surface area contributed by atoms with E-state index in [4.69, 9.17) is 4.74 Å². The lowest BCUT2D eigenvalue weighted by atomic mass is 9.95. The number of hydrogen-bond acceptors (Lipinski definition) is 3. The molecule has 4 heteroatoms. The Bertz CT molecular complexity index is 493. The van der Waals surface area contributed by atoms with E-state index < -0.39 is 5.60 Å². The van der Waals surface area contributed by atoms with Crippen molar-refractivity contribution in [3.8, 4) is 0 Å². The summed E-state index contributed by atoms with van der Waals surface area (Å²) < 4.78 is 5.56. The molecule has 1 saturated carbocycles. The van der Waals surface area contributed by atoms with Gasteiger partial charge in [-0.15, -0.1) is 12.4 Å². The molecular formula is C19H28ClNO2. The number of ether oxygens (including phenoxy) is 1. The van der Waals surface area contributed by atoms with Crippen molar-refractivity contribution < 1.29 is 9.53 Å². The van der Waals surface area contributed by atoms with E-state index in [2.05, 4.69) is 5.32 Å². The number of hydrogen-bond donors (Lipinski definition) is 1. The Morgan fingerprint density at radius 1 is 1.22 bits per heavy atom. The van der Waals surface area contributed by atoms with Crippen LogP contribution in [0.25, 0.3) is 6.08 Å². The van der Waals surface area contributed by atoms with E-state index in [1.807, 2.05) is 44.2 Å². The van der Waals surface area contributed by atoms with E-state index in [0.717, 1.165) is 5.56 Å². The van der Waals surface area contributed by atoms with Crippen LogP contribution in [0.15, 0.2) is 36.4 Å². The highest BCUT2D eigenvalue weighted by molar-refractivity contribution is 5.87. The van der Waals surface area contributed by atoms with Crippen LogP contribution in [-0.2, 0) is 9.53 Å². The van der Waals surface area contributed by atoms with Gasteiger partial charge in [-0.2, -0.15) is 0 Å². The van der Waals surface area contributed by atoms with E-state index in [-0.39, 0.29) is 18.4 Å². The van der Waals surface area contributed by atoms with Gasteiger partial charge >= 0.3 is 5.97 Å². The molecule has 23 heavy (non-hydrogen) atoms. The zero-order valence-electron chi connectivity index (χ0n) is 14.1. The molecule has 1 fully saturated rings. The number of carbonyl (C=O) groups excluding carboxylic acids is 1. The van der Waals surface area contributed by atoms with Crippen molar-refractivity contribution in [2.75, 3.05) is 6.54 Å². The third-order valence-electron chi connectivity index (χ3n) is 4.01. The van der Waals surface area contributed by atoms with Gasteiger partial charge in [-0.05, 0) is 38.3 Å². The Kier molecular flexibility index (Phi) is 8.35. The minimum Gasteiger partial charge on any atom is -0.455 e. The number of carbonyl (C=O) groups is 1. The van der Waals surface area contributed by atoms with Gasteiger partial charge in [0.25, 0.3) is 0 Å². The van der Waals surface area contributed by atoms with Crippen molar-refractivity contribution in [2.24, 2.45) is 0 Å². The summed E-state index contributed by atoms with van der Waals surface area (Å²) in [6, 6.07) is 10.3. The molecule has 3 nitrogen and oxygen atoms in total. The van der Waals surface area contributed by atoms with Crippen molar-refractivity contribution in [1.82, 2.24) is 5.32 Å². The minimum atomic E-state index is -0.491. The van der Waals surface area contributed by atoms with Crippen LogP contribution in [0.2, 0.25) is 0 Å². The quantitative estimate of drug-likeness (QED) is 0.619.